The number of aliphatic carboxylic acids is 2. The minimum atomic E-state index is -3.16. The van der Waals surface area contributed by atoms with Gasteiger partial charge in [0.15, 0.2) is 0 Å². The topological polar surface area (TPSA) is 421 Å². The minimum Gasteiger partial charge on any atom is -0.477 e. The molecule has 2 aliphatic rings. The Bertz CT molecular complexity index is 1330. The van der Waals surface area contributed by atoms with Gasteiger partial charge in [-0.25, -0.2) is 9.59 Å². The third kappa shape index (κ3) is 11.6. The van der Waals surface area contributed by atoms with Gasteiger partial charge in [-0.2, -0.15) is 0 Å². The van der Waals surface area contributed by atoms with Gasteiger partial charge in [0.25, 0.3) is 11.6 Å². The molecule has 3 amide bonds. The largest absolute Gasteiger partial charge is 0.477 e. The van der Waals surface area contributed by atoms with E-state index < -0.39 is 166 Å². The van der Waals surface area contributed by atoms with Gasteiger partial charge in [0.05, 0.1) is 56.8 Å². The number of rotatable bonds is 20. The molecule has 16 N–H and O–H groups in total. The van der Waals surface area contributed by atoms with E-state index in [4.69, 9.17) is 18.9 Å². The summed E-state index contributed by atoms with van der Waals surface area (Å²) in [4.78, 5) is 60.7. The number of carbonyl (C=O) groups is 5. The number of amides is 3. The first-order valence-electron chi connectivity index (χ1n) is 16.7. The molecule has 0 unspecified atom stereocenters. The lowest BCUT2D eigenvalue weighted by atomic mass is 9.87. The van der Waals surface area contributed by atoms with Crippen LogP contribution in [0.4, 0.5) is 0 Å². The van der Waals surface area contributed by atoms with E-state index in [1.165, 1.54) is 0 Å². The molecule has 0 aromatic carbocycles. The summed E-state index contributed by atoms with van der Waals surface area (Å²) in [5.41, 5.74) is 0. The summed E-state index contributed by atoms with van der Waals surface area (Å²) in [6, 6.07) is -4.92. The monoisotopic (exact) mass is 805 g/mol. The van der Waals surface area contributed by atoms with Crippen molar-refractivity contribution in [1.29, 1.82) is 0 Å². The van der Waals surface area contributed by atoms with Gasteiger partial charge in [0.2, 0.25) is 17.7 Å². The number of aliphatic hydroxyl groups is 11. The van der Waals surface area contributed by atoms with E-state index in [0.29, 0.717) is 0 Å². The van der Waals surface area contributed by atoms with Crippen LogP contribution in [0.3, 0.4) is 0 Å². The van der Waals surface area contributed by atoms with E-state index in [1.807, 2.05) is 0 Å². The minimum absolute atomic E-state index is 0.735. The van der Waals surface area contributed by atoms with Crippen molar-refractivity contribution in [3.63, 3.8) is 0 Å². The van der Waals surface area contributed by atoms with Crippen LogP contribution in [0.1, 0.15) is 33.6 Å². The molecule has 0 aromatic heterocycles. The molecular weight excluding hydrogens is 754 g/mol. The molecule has 2 aliphatic heterocycles. The number of hydrogen-bond acceptors (Lipinski definition) is 20. The summed E-state index contributed by atoms with van der Waals surface area (Å²) >= 11 is 0. The Kier molecular flexibility index (Phi) is 17.6. The van der Waals surface area contributed by atoms with Gasteiger partial charge in [-0.3, -0.25) is 14.4 Å². The van der Waals surface area contributed by atoms with Crippen LogP contribution >= 0.6 is 0 Å². The molecular formula is C30H51N3O22. The fraction of sp³-hybridized carbons (Fsp3) is 0.833. The Balaban J connectivity index is 2.52. The van der Waals surface area contributed by atoms with Crippen molar-refractivity contribution >= 4 is 29.7 Å². The number of carboxylic acids is 2. The number of carbonyl (C=O) groups excluding carboxylic acids is 3. The SMILES string of the molecule is CC(=O)N[C@H]1[C@H]([C@H](O)[C@H](O)CO)O[C@@](O[C@H](CO)[C@@H](O)[C@@H]2O[C@@](OC[C@@H](O)[C@H](O)[C@H](O)[C@H](CO)NC(C)=O)(C(=O)O)C[C@H](O)[C@H]2NC(C)=O)(C(=O)O)C[C@@H]1O. The average Bonchev–Trinajstić information content (AvgIpc) is 3.11. The van der Waals surface area contributed by atoms with Crippen molar-refractivity contribution in [3.05, 3.63) is 0 Å². The van der Waals surface area contributed by atoms with Gasteiger partial charge >= 0.3 is 11.9 Å². The van der Waals surface area contributed by atoms with Crippen molar-refractivity contribution in [2.75, 3.05) is 26.4 Å². The van der Waals surface area contributed by atoms with E-state index in [0.717, 1.165) is 20.8 Å². The molecule has 25 heteroatoms. The summed E-state index contributed by atoms with van der Waals surface area (Å²) in [7, 11) is 0. The summed E-state index contributed by atoms with van der Waals surface area (Å²) < 4.78 is 21.8. The molecule has 55 heavy (non-hydrogen) atoms. The summed E-state index contributed by atoms with van der Waals surface area (Å²) in [5.74, 6) is -12.8. The normalized spacial score (nSPS) is 32.8. The molecule has 2 heterocycles. The predicted octanol–water partition coefficient (Wildman–Crippen LogP) is -9.09. The van der Waals surface area contributed by atoms with E-state index in [2.05, 4.69) is 16.0 Å². The first-order valence-corrected chi connectivity index (χ1v) is 16.7. The maximum Gasteiger partial charge on any atom is 0.364 e. The number of nitrogens with one attached hydrogen (secondary N) is 3. The Hall–Kier alpha value is -3.25. The maximum atomic E-state index is 12.7. The molecule has 2 fully saturated rings. The van der Waals surface area contributed by atoms with Crippen molar-refractivity contribution in [2.45, 2.75) is 130 Å². The first kappa shape index (κ1) is 47.9. The maximum absolute atomic E-state index is 12.7. The van der Waals surface area contributed by atoms with Gasteiger partial charge in [0, 0.05) is 33.6 Å². The highest BCUT2D eigenvalue weighted by molar-refractivity contribution is 5.77. The van der Waals surface area contributed by atoms with Crippen LogP contribution in [0.2, 0.25) is 0 Å². The third-order valence-electron chi connectivity index (χ3n) is 8.92. The van der Waals surface area contributed by atoms with Crippen LogP contribution in [0.5, 0.6) is 0 Å². The molecule has 0 aromatic rings. The smallest absolute Gasteiger partial charge is 0.364 e. The zero-order valence-corrected chi connectivity index (χ0v) is 29.8. The van der Waals surface area contributed by atoms with Gasteiger partial charge in [-0.15, -0.1) is 0 Å². The Morgan fingerprint density at radius 3 is 1.56 bits per heavy atom. The van der Waals surface area contributed by atoms with Crippen LogP contribution < -0.4 is 16.0 Å². The van der Waals surface area contributed by atoms with Crippen molar-refractivity contribution < 1.29 is 109 Å². The van der Waals surface area contributed by atoms with Crippen molar-refractivity contribution in [2.24, 2.45) is 0 Å². The predicted molar refractivity (Wildman–Crippen MR) is 173 cm³/mol. The van der Waals surface area contributed by atoms with E-state index >= 15 is 0 Å². The van der Waals surface area contributed by atoms with E-state index in [-0.39, 0.29) is 0 Å². The van der Waals surface area contributed by atoms with Gasteiger partial charge in [0.1, 0.15) is 54.9 Å². The first-order chi connectivity index (χ1) is 25.5. The molecule has 0 radical (unpaired) electrons. The number of carboxylic acid groups (broad SMARTS) is 2. The van der Waals surface area contributed by atoms with Crippen molar-refractivity contribution in [3.8, 4) is 0 Å². The van der Waals surface area contributed by atoms with E-state index in [1.54, 1.807) is 0 Å². The highest BCUT2D eigenvalue weighted by Gasteiger charge is 2.60. The highest BCUT2D eigenvalue weighted by Crippen LogP contribution is 2.38. The number of aliphatic hydroxyl groups excluding tert-OH is 11. The second kappa shape index (κ2) is 20.3. The van der Waals surface area contributed by atoms with Crippen LogP contribution in [0.15, 0.2) is 0 Å². The van der Waals surface area contributed by atoms with Crippen LogP contribution in [0, 0.1) is 0 Å². The quantitative estimate of drug-likeness (QED) is 0.0543. The Morgan fingerprint density at radius 2 is 1.15 bits per heavy atom. The van der Waals surface area contributed by atoms with Gasteiger partial charge in [-0.1, -0.05) is 0 Å². The third-order valence-corrected chi connectivity index (χ3v) is 8.92. The fourth-order valence-electron chi connectivity index (χ4n) is 6.15. The summed E-state index contributed by atoms with van der Waals surface area (Å²) in [6.45, 7) is -1.64. The zero-order valence-electron chi connectivity index (χ0n) is 29.8. The second-order valence-corrected chi connectivity index (χ2v) is 13.2. The molecule has 2 rings (SSSR count). The molecule has 0 spiro atoms. The van der Waals surface area contributed by atoms with Crippen LogP contribution in [0.25, 0.3) is 0 Å². The zero-order chi connectivity index (χ0) is 42.2. The van der Waals surface area contributed by atoms with Gasteiger partial charge < -0.3 is 101 Å². The number of hydrogen-bond donors (Lipinski definition) is 16. The van der Waals surface area contributed by atoms with Crippen LogP contribution in [-0.2, 0) is 42.9 Å². The lowest BCUT2D eigenvalue weighted by Gasteiger charge is -2.49. The van der Waals surface area contributed by atoms with E-state index in [9.17, 15) is 90.4 Å². The lowest BCUT2D eigenvalue weighted by Crippen LogP contribution is -2.70. The van der Waals surface area contributed by atoms with Crippen molar-refractivity contribution in [1.82, 2.24) is 16.0 Å². The molecule has 0 bridgehead atoms. The van der Waals surface area contributed by atoms with Crippen LogP contribution in [-0.4, -0.2) is 219 Å². The Labute approximate surface area is 312 Å². The number of ether oxygens (including phenoxy) is 4. The molecule has 0 saturated carbocycles. The molecule has 318 valence electrons. The fourth-order valence-corrected chi connectivity index (χ4v) is 6.15. The molecule has 0 aliphatic carbocycles. The second-order valence-electron chi connectivity index (χ2n) is 13.2. The standard InChI is InChI=1S/C30H51N3O22/c1-10(37)31-13(6-34)21(44)22(45)17(43)9-52-29(27(48)49)4-14(40)20(33-12(3)39)26(54-29)24(47)18(8-36)53-30(28(50)51)5-15(41)19(32-11(2)38)25(55-30)23(46)16(42)7-35/h13-26,34-36,40-47H,4-9H2,1-3H3,(H,31,37)(H,32,38)(H,33,39)(H,48,49)(H,50,51)/t13-,14-,15-,16+,17+,18+,19+,20+,21+,22-,23+,24+,25+,26+,29+,30+/m0/s1. The molecule has 2 saturated heterocycles. The summed E-state index contributed by atoms with van der Waals surface area (Å²) in [6.07, 6.45) is -25.9. The average molecular weight is 806 g/mol. The Morgan fingerprint density at radius 1 is 0.673 bits per heavy atom. The highest BCUT2D eigenvalue weighted by atomic mass is 16.7. The molecule has 16 atom stereocenters. The lowest BCUT2D eigenvalue weighted by molar-refractivity contribution is -0.347. The molecule has 25 nitrogen and oxygen atoms in total. The van der Waals surface area contributed by atoms with Gasteiger partial charge in [-0.05, 0) is 0 Å². The summed E-state index contributed by atoms with van der Waals surface area (Å²) in [5, 5.41) is 142.